The topological polar surface area (TPSA) is 82.0 Å². The summed E-state index contributed by atoms with van der Waals surface area (Å²) in [5.41, 5.74) is 3.61. The lowest BCUT2D eigenvalue weighted by atomic mass is 9.96. The smallest absolute Gasteiger partial charge is 0.161 e. The van der Waals surface area contributed by atoms with Crippen LogP contribution in [-0.4, -0.2) is 28.5 Å². The Morgan fingerprint density at radius 3 is 2.65 bits per heavy atom. The molecule has 0 bridgehead atoms. The van der Waals surface area contributed by atoms with Crippen molar-refractivity contribution >= 4 is 11.8 Å². The molecule has 1 heterocycles. The lowest BCUT2D eigenvalue weighted by Crippen LogP contribution is -2.22. The first-order chi connectivity index (χ1) is 11.1. The second-order valence-corrected chi connectivity index (χ2v) is 5.39. The summed E-state index contributed by atoms with van der Waals surface area (Å²) in [6.07, 6.45) is 2.71. The molecule has 2 aromatic rings. The van der Waals surface area contributed by atoms with Crippen LogP contribution in [0.3, 0.4) is 0 Å². The molecule has 120 valence electrons. The van der Waals surface area contributed by atoms with Crippen molar-refractivity contribution in [2.45, 2.75) is 13.3 Å². The Morgan fingerprint density at radius 1 is 1.09 bits per heavy atom. The van der Waals surface area contributed by atoms with Crippen LogP contribution in [0.4, 0.5) is 0 Å². The molecule has 0 saturated heterocycles. The minimum atomic E-state index is -0.162. The van der Waals surface area contributed by atoms with Crippen LogP contribution in [0.2, 0.25) is 0 Å². The number of hydrogen-bond acceptors (Lipinski definition) is 5. The summed E-state index contributed by atoms with van der Waals surface area (Å²) in [5, 5.41) is 32.4. The van der Waals surface area contributed by atoms with Gasteiger partial charge in [0.2, 0.25) is 0 Å². The van der Waals surface area contributed by atoms with Gasteiger partial charge in [0.25, 0.3) is 0 Å². The summed E-state index contributed by atoms with van der Waals surface area (Å²) in [6.45, 7) is 3.16. The molecule has 4 N–H and O–H groups in total. The molecule has 5 heteroatoms. The molecular weight excluding hydrogens is 294 g/mol. The molecule has 0 saturated carbocycles. The van der Waals surface area contributed by atoms with E-state index in [9.17, 15) is 15.3 Å². The molecule has 23 heavy (non-hydrogen) atoms. The highest BCUT2D eigenvalue weighted by Crippen LogP contribution is 2.35. The van der Waals surface area contributed by atoms with Crippen molar-refractivity contribution in [1.82, 2.24) is 5.32 Å². The third-order valence-electron chi connectivity index (χ3n) is 3.80. The van der Waals surface area contributed by atoms with Gasteiger partial charge in [-0.05, 0) is 54.8 Å². The number of phenolic OH excluding ortho intramolecular Hbond substituents is 3. The third-order valence-corrected chi connectivity index (χ3v) is 3.80. The summed E-state index contributed by atoms with van der Waals surface area (Å²) < 4.78 is 5.43. The quantitative estimate of drug-likeness (QED) is 0.655. The van der Waals surface area contributed by atoms with Gasteiger partial charge < -0.3 is 25.4 Å². The van der Waals surface area contributed by atoms with Crippen LogP contribution in [0.5, 0.6) is 23.0 Å². The van der Waals surface area contributed by atoms with Gasteiger partial charge in [-0.3, -0.25) is 0 Å². The highest BCUT2D eigenvalue weighted by Gasteiger charge is 2.17. The minimum Gasteiger partial charge on any atom is -0.504 e. The van der Waals surface area contributed by atoms with Crippen molar-refractivity contribution in [2.75, 3.05) is 13.2 Å². The number of fused-ring (bicyclic) bond motifs is 1. The first kappa shape index (κ1) is 15.1. The number of phenols is 3. The molecule has 1 aliphatic rings. The standard InChI is InChI=1S/C18H19NO4/c1-2-23-18-9-12-5-6-19-14(13(12)10-17(18)22)7-11-3-4-15(20)16(21)8-11/h3-4,7-10,19-22H,2,5-6H2,1H3/b14-7-. The van der Waals surface area contributed by atoms with E-state index in [0.29, 0.717) is 12.4 Å². The van der Waals surface area contributed by atoms with Gasteiger partial charge in [-0.25, -0.2) is 0 Å². The Balaban J connectivity index is 2.02. The van der Waals surface area contributed by atoms with E-state index in [1.807, 2.05) is 19.1 Å². The highest BCUT2D eigenvalue weighted by molar-refractivity contribution is 5.84. The van der Waals surface area contributed by atoms with E-state index < -0.39 is 0 Å². The molecule has 0 fully saturated rings. The molecule has 3 rings (SSSR count). The van der Waals surface area contributed by atoms with Gasteiger partial charge in [0.15, 0.2) is 23.0 Å². The largest absolute Gasteiger partial charge is 0.504 e. The SMILES string of the molecule is CCOc1cc2c(cc1O)/C(=C/c1ccc(O)c(O)c1)NCC2. The zero-order chi connectivity index (χ0) is 16.4. The summed E-state index contributed by atoms with van der Waals surface area (Å²) in [5.74, 6) is 0.289. The molecule has 1 aliphatic heterocycles. The van der Waals surface area contributed by atoms with Crippen LogP contribution < -0.4 is 10.1 Å². The number of ether oxygens (including phenoxy) is 1. The number of benzene rings is 2. The Morgan fingerprint density at radius 2 is 1.91 bits per heavy atom. The maximum Gasteiger partial charge on any atom is 0.161 e. The fraction of sp³-hybridized carbons (Fsp3) is 0.222. The zero-order valence-electron chi connectivity index (χ0n) is 12.8. The van der Waals surface area contributed by atoms with Gasteiger partial charge >= 0.3 is 0 Å². The van der Waals surface area contributed by atoms with Gasteiger partial charge in [-0.1, -0.05) is 6.07 Å². The third kappa shape index (κ3) is 3.04. The predicted octanol–water partition coefficient (Wildman–Crippen LogP) is 2.85. The van der Waals surface area contributed by atoms with E-state index in [1.54, 1.807) is 12.1 Å². The van der Waals surface area contributed by atoms with Crippen LogP contribution in [0.15, 0.2) is 30.3 Å². The Hall–Kier alpha value is -2.82. The molecule has 0 atom stereocenters. The second kappa shape index (κ2) is 6.12. The molecule has 0 spiro atoms. The van der Waals surface area contributed by atoms with Crippen molar-refractivity contribution in [3.05, 3.63) is 47.0 Å². The fourth-order valence-corrected chi connectivity index (χ4v) is 2.69. The molecule has 0 aromatic heterocycles. The van der Waals surface area contributed by atoms with E-state index in [4.69, 9.17) is 4.74 Å². The highest BCUT2D eigenvalue weighted by atomic mass is 16.5. The van der Waals surface area contributed by atoms with Gasteiger partial charge in [0.1, 0.15) is 0 Å². The molecule has 0 amide bonds. The minimum absolute atomic E-state index is 0.105. The average molecular weight is 313 g/mol. The number of aromatic hydroxyl groups is 3. The van der Waals surface area contributed by atoms with Crippen LogP contribution >= 0.6 is 0 Å². The maximum atomic E-state index is 10.1. The predicted molar refractivity (Wildman–Crippen MR) is 88.6 cm³/mol. The van der Waals surface area contributed by atoms with E-state index in [0.717, 1.165) is 35.4 Å². The molecule has 0 radical (unpaired) electrons. The molecule has 2 aromatic carbocycles. The second-order valence-electron chi connectivity index (χ2n) is 5.39. The number of hydrogen-bond donors (Lipinski definition) is 4. The van der Waals surface area contributed by atoms with E-state index in [-0.39, 0.29) is 17.2 Å². The fourth-order valence-electron chi connectivity index (χ4n) is 2.69. The van der Waals surface area contributed by atoms with E-state index in [2.05, 4.69) is 5.32 Å². The van der Waals surface area contributed by atoms with Crippen LogP contribution in [0, 0.1) is 0 Å². The van der Waals surface area contributed by atoms with Crippen molar-refractivity contribution in [3.8, 4) is 23.0 Å². The first-order valence-electron chi connectivity index (χ1n) is 7.55. The zero-order valence-corrected chi connectivity index (χ0v) is 12.8. The van der Waals surface area contributed by atoms with Crippen LogP contribution in [0.1, 0.15) is 23.6 Å². The van der Waals surface area contributed by atoms with Crippen molar-refractivity contribution in [1.29, 1.82) is 0 Å². The lowest BCUT2D eigenvalue weighted by Gasteiger charge is -2.22. The van der Waals surface area contributed by atoms with Crippen molar-refractivity contribution in [2.24, 2.45) is 0 Å². The maximum absolute atomic E-state index is 10.1. The molecule has 0 unspecified atom stereocenters. The molecule has 0 aliphatic carbocycles. The van der Waals surface area contributed by atoms with Gasteiger partial charge in [-0.2, -0.15) is 0 Å². The summed E-state index contributed by atoms with van der Waals surface area (Å²) in [7, 11) is 0. The molecule has 5 nitrogen and oxygen atoms in total. The van der Waals surface area contributed by atoms with Crippen molar-refractivity contribution < 1.29 is 20.1 Å². The average Bonchev–Trinajstić information content (AvgIpc) is 2.53. The Kier molecular flexibility index (Phi) is 4.02. The van der Waals surface area contributed by atoms with Crippen LogP contribution in [0.25, 0.3) is 11.8 Å². The first-order valence-corrected chi connectivity index (χ1v) is 7.55. The Bertz CT molecular complexity index is 768. The van der Waals surface area contributed by atoms with Crippen molar-refractivity contribution in [3.63, 3.8) is 0 Å². The molecular formula is C18H19NO4. The summed E-state index contributed by atoms with van der Waals surface area (Å²) in [4.78, 5) is 0. The van der Waals surface area contributed by atoms with Gasteiger partial charge in [-0.15, -0.1) is 0 Å². The lowest BCUT2D eigenvalue weighted by molar-refractivity contribution is 0.317. The van der Waals surface area contributed by atoms with E-state index in [1.165, 1.54) is 12.1 Å². The Labute approximate surface area is 134 Å². The summed E-state index contributed by atoms with van der Waals surface area (Å²) >= 11 is 0. The van der Waals surface area contributed by atoms with Gasteiger partial charge in [0, 0.05) is 17.8 Å². The monoisotopic (exact) mass is 313 g/mol. The number of rotatable bonds is 3. The van der Waals surface area contributed by atoms with Crippen LogP contribution in [-0.2, 0) is 6.42 Å². The normalized spacial score (nSPS) is 15.1. The number of nitrogens with one attached hydrogen (secondary N) is 1. The van der Waals surface area contributed by atoms with E-state index >= 15 is 0 Å². The van der Waals surface area contributed by atoms with Gasteiger partial charge in [0.05, 0.1) is 6.61 Å². The summed E-state index contributed by atoms with van der Waals surface area (Å²) in [6, 6.07) is 8.22.